The van der Waals surface area contributed by atoms with Gasteiger partial charge in [-0.05, 0) is 73.6 Å². The first-order valence-electron chi connectivity index (χ1n) is 11.6. The number of carbonyl (C=O) groups excluding carboxylic acids is 1. The van der Waals surface area contributed by atoms with Crippen molar-refractivity contribution in [1.29, 1.82) is 0 Å². The van der Waals surface area contributed by atoms with Gasteiger partial charge in [-0.25, -0.2) is 18.2 Å². The van der Waals surface area contributed by atoms with Crippen molar-refractivity contribution in [1.82, 2.24) is 9.97 Å². The summed E-state index contributed by atoms with van der Waals surface area (Å²) in [7, 11) is 0. The van der Waals surface area contributed by atoms with E-state index in [2.05, 4.69) is 15.3 Å². The minimum Gasteiger partial charge on any atom is -0.377 e. The Morgan fingerprint density at radius 1 is 1.14 bits per heavy atom. The highest BCUT2D eigenvalue weighted by Crippen LogP contribution is 2.36. The van der Waals surface area contributed by atoms with E-state index < -0.39 is 34.6 Å². The second-order valence-corrected chi connectivity index (χ2v) is 8.64. The first-order chi connectivity index (χ1) is 16.9. The lowest BCUT2D eigenvalue weighted by molar-refractivity contribution is 0.102. The Labute approximate surface area is 201 Å². The molecule has 35 heavy (non-hydrogen) atoms. The lowest BCUT2D eigenvalue weighted by atomic mass is 9.81. The standard InChI is InChI=1S/C26H27F3N4O2/c1-2-35-14-15-10-20(28)24(21(29)11-15)25-19(27)6-7-22(32-25)26(34)33-23-13-31-9-8-18(23)16-4-3-5-17(30)12-16/h6-11,13,16-17H,2-5,12,14,30H2,1H3,(H,33,34)/t16-,17+/m1/s1. The van der Waals surface area contributed by atoms with Gasteiger partial charge < -0.3 is 15.8 Å². The lowest BCUT2D eigenvalue weighted by Crippen LogP contribution is -2.27. The highest BCUT2D eigenvalue weighted by Gasteiger charge is 2.25. The maximum atomic E-state index is 14.8. The second kappa shape index (κ2) is 11.0. The number of rotatable bonds is 7. The summed E-state index contributed by atoms with van der Waals surface area (Å²) in [6, 6.07) is 6.21. The van der Waals surface area contributed by atoms with E-state index in [9.17, 15) is 18.0 Å². The summed E-state index contributed by atoms with van der Waals surface area (Å²) < 4.78 is 49.3. The van der Waals surface area contributed by atoms with Crippen LogP contribution in [0.15, 0.2) is 42.7 Å². The molecule has 184 valence electrons. The summed E-state index contributed by atoms with van der Waals surface area (Å²) in [6.07, 6.45) is 6.88. The van der Waals surface area contributed by atoms with E-state index in [4.69, 9.17) is 10.5 Å². The third-order valence-corrected chi connectivity index (χ3v) is 6.15. The van der Waals surface area contributed by atoms with Gasteiger partial charge in [0.05, 0.1) is 24.1 Å². The van der Waals surface area contributed by atoms with Crippen molar-refractivity contribution in [3.05, 3.63) is 77.0 Å². The second-order valence-electron chi connectivity index (χ2n) is 8.64. The number of amides is 1. The Morgan fingerprint density at radius 2 is 1.91 bits per heavy atom. The molecule has 1 amide bonds. The van der Waals surface area contributed by atoms with Crippen molar-refractivity contribution in [2.24, 2.45) is 5.73 Å². The van der Waals surface area contributed by atoms with Crippen molar-refractivity contribution in [2.45, 2.75) is 51.2 Å². The molecule has 0 bridgehead atoms. The van der Waals surface area contributed by atoms with Crippen LogP contribution in [0.5, 0.6) is 0 Å². The molecule has 1 aromatic carbocycles. The van der Waals surface area contributed by atoms with Crippen LogP contribution in [0, 0.1) is 17.5 Å². The van der Waals surface area contributed by atoms with Crippen LogP contribution in [-0.2, 0) is 11.3 Å². The van der Waals surface area contributed by atoms with Crippen LogP contribution in [0.4, 0.5) is 18.9 Å². The zero-order valence-electron chi connectivity index (χ0n) is 19.4. The molecule has 2 aromatic heterocycles. The number of nitrogens with two attached hydrogens (primary N) is 1. The molecule has 0 spiro atoms. The number of hydrogen-bond donors (Lipinski definition) is 2. The molecule has 4 rings (SSSR count). The van der Waals surface area contributed by atoms with E-state index in [1.807, 2.05) is 6.07 Å². The molecule has 1 fully saturated rings. The van der Waals surface area contributed by atoms with Gasteiger partial charge in [0, 0.05) is 18.8 Å². The first-order valence-corrected chi connectivity index (χ1v) is 11.6. The first kappa shape index (κ1) is 24.8. The molecule has 0 unspecified atom stereocenters. The molecule has 2 heterocycles. The number of benzene rings is 1. The number of aromatic nitrogens is 2. The van der Waals surface area contributed by atoms with Gasteiger partial charge in [0.25, 0.3) is 5.91 Å². The molecule has 2 atom stereocenters. The van der Waals surface area contributed by atoms with Crippen molar-refractivity contribution >= 4 is 11.6 Å². The van der Waals surface area contributed by atoms with E-state index in [1.165, 1.54) is 12.3 Å². The molecule has 6 nitrogen and oxygen atoms in total. The molecule has 3 aromatic rings. The number of halogens is 3. The Morgan fingerprint density at radius 3 is 2.63 bits per heavy atom. The van der Waals surface area contributed by atoms with Crippen molar-refractivity contribution < 1.29 is 22.7 Å². The highest BCUT2D eigenvalue weighted by atomic mass is 19.1. The van der Waals surface area contributed by atoms with E-state index >= 15 is 0 Å². The molecular formula is C26H27F3N4O2. The van der Waals surface area contributed by atoms with Crippen LogP contribution >= 0.6 is 0 Å². The maximum absolute atomic E-state index is 14.8. The Hall–Kier alpha value is -3.30. The van der Waals surface area contributed by atoms with E-state index in [0.29, 0.717) is 12.3 Å². The third kappa shape index (κ3) is 5.68. The fraction of sp³-hybridized carbons (Fsp3) is 0.346. The summed E-state index contributed by atoms with van der Waals surface area (Å²) >= 11 is 0. The Kier molecular flexibility index (Phi) is 7.77. The zero-order chi connectivity index (χ0) is 24.9. The van der Waals surface area contributed by atoms with Gasteiger partial charge in [-0.15, -0.1) is 0 Å². The fourth-order valence-electron chi connectivity index (χ4n) is 4.46. The predicted molar refractivity (Wildman–Crippen MR) is 126 cm³/mol. The SMILES string of the molecule is CCOCc1cc(F)c(-c2nc(C(=O)Nc3cnccc3[C@@H]3CCC[C@H](N)C3)ccc2F)c(F)c1. The van der Waals surface area contributed by atoms with Gasteiger partial charge in [-0.2, -0.15) is 0 Å². The topological polar surface area (TPSA) is 90.1 Å². The molecule has 0 radical (unpaired) electrons. The maximum Gasteiger partial charge on any atom is 0.274 e. The van der Waals surface area contributed by atoms with Crippen molar-refractivity contribution in [3.63, 3.8) is 0 Å². The predicted octanol–water partition coefficient (Wildman–Crippen LogP) is 5.33. The largest absolute Gasteiger partial charge is 0.377 e. The molecule has 3 N–H and O–H groups in total. The number of nitrogens with one attached hydrogen (secondary N) is 1. The number of ether oxygens (including phenoxy) is 1. The molecule has 1 saturated carbocycles. The third-order valence-electron chi connectivity index (χ3n) is 6.15. The minimum atomic E-state index is -0.994. The van der Waals surface area contributed by atoms with Crippen LogP contribution in [0.2, 0.25) is 0 Å². The van der Waals surface area contributed by atoms with Crippen LogP contribution in [0.25, 0.3) is 11.3 Å². The van der Waals surface area contributed by atoms with Crippen LogP contribution < -0.4 is 11.1 Å². The normalized spacial score (nSPS) is 17.9. The molecule has 0 aliphatic heterocycles. The molecule has 9 heteroatoms. The van der Waals surface area contributed by atoms with E-state index in [1.54, 1.807) is 13.1 Å². The zero-order valence-corrected chi connectivity index (χ0v) is 19.4. The van der Waals surface area contributed by atoms with Gasteiger partial charge in [-0.1, -0.05) is 6.42 Å². The summed E-state index contributed by atoms with van der Waals surface area (Å²) in [5, 5.41) is 2.77. The highest BCUT2D eigenvalue weighted by molar-refractivity contribution is 6.03. The van der Waals surface area contributed by atoms with E-state index in [0.717, 1.165) is 49.4 Å². The Bertz CT molecular complexity index is 1200. The fourth-order valence-corrected chi connectivity index (χ4v) is 4.46. The molecular weight excluding hydrogens is 457 g/mol. The monoisotopic (exact) mass is 484 g/mol. The van der Waals surface area contributed by atoms with Gasteiger partial charge in [0.15, 0.2) is 0 Å². The van der Waals surface area contributed by atoms with Crippen molar-refractivity contribution in [3.8, 4) is 11.3 Å². The number of carbonyl (C=O) groups is 1. The molecule has 1 aliphatic rings. The van der Waals surface area contributed by atoms with Crippen LogP contribution in [0.1, 0.15) is 60.1 Å². The Balaban J connectivity index is 1.61. The average Bonchev–Trinajstić information content (AvgIpc) is 2.83. The number of hydrogen-bond acceptors (Lipinski definition) is 5. The van der Waals surface area contributed by atoms with Crippen LogP contribution in [-0.4, -0.2) is 28.5 Å². The summed E-state index contributed by atoms with van der Waals surface area (Å²) in [5.41, 5.74) is 6.40. The van der Waals surface area contributed by atoms with Gasteiger partial charge in [-0.3, -0.25) is 9.78 Å². The smallest absolute Gasteiger partial charge is 0.274 e. The van der Waals surface area contributed by atoms with Crippen molar-refractivity contribution in [2.75, 3.05) is 11.9 Å². The number of anilines is 1. The molecule has 0 saturated heterocycles. The number of nitrogens with zero attached hydrogens (tertiary/aromatic N) is 2. The molecule has 1 aliphatic carbocycles. The average molecular weight is 485 g/mol. The van der Waals surface area contributed by atoms with Gasteiger partial charge >= 0.3 is 0 Å². The number of pyridine rings is 2. The summed E-state index contributed by atoms with van der Waals surface area (Å²) in [4.78, 5) is 21.1. The minimum absolute atomic E-state index is 0.0162. The summed E-state index contributed by atoms with van der Waals surface area (Å²) in [5.74, 6) is -3.41. The van der Waals surface area contributed by atoms with E-state index in [-0.39, 0.29) is 29.8 Å². The van der Waals surface area contributed by atoms with Gasteiger partial charge in [0.1, 0.15) is 28.8 Å². The van der Waals surface area contributed by atoms with Gasteiger partial charge in [0.2, 0.25) is 0 Å². The lowest BCUT2D eigenvalue weighted by Gasteiger charge is -2.28. The summed E-state index contributed by atoms with van der Waals surface area (Å²) in [6.45, 7) is 2.16. The van der Waals surface area contributed by atoms with Crippen LogP contribution in [0.3, 0.4) is 0 Å². The quantitative estimate of drug-likeness (QED) is 0.473.